The minimum absolute atomic E-state index is 0.343. The van der Waals surface area contributed by atoms with Crippen LogP contribution in [0.4, 0.5) is 5.69 Å². The normalized spacial score (nSPS) is 10.2. The summed E-state index contributed by atoms with van der Waals surface area (Å²) in [5.41, 5.74) is 6.98. The van der Waals surface area contributed by atoms with E-state index in [0.29, 0.717) is 10.6 Å². The van der Waals surface area contributed by atoms with Gasteiger partial charge in [-0.3, -0.25) is 5.10 Å². The predicted octanol–water partition coefficient (Wildman–Crippen LogP) is 1.51. The maximum atomic E-state index is 11.2. The van der Waals surface area contributed by atoms with Gasteiger partial charge in [0.15, 0.2) is 0 Å². The number of carbonyl (C=O) groups is 1. The highest BCUT2D eigenvalue weighted by Crippen LogP contribution is 2.30. The molecule has 0 aliphatic heterocycles. The lowest BCUT2D eigenvalue weighted by molar-refractivity contribution is 0.0606. The molecule has 3 N–H and O–H groups in total. The van der Waals surface area contributed by atoms with Gasteiger partial charge in [-0.2, -0.15) is 5.10 Å². The first-order valence-electron chi connectivity index (χ1n) is 4.19. The van der Waals surface area contributed by atoms with Gasteiger partial charge in [0.25, 0.3) is 0 Å². The number of H-pyrrole nitrogens is 1. The molecule has 0 aliphatic rings. The van der Waals surface area contributed by atoms with Gasteiger partial charge in [-0.25, -0.2) is 4.79 Å². The predicted molar refractivity (Wildman–Crippen MR) is 57.7 cm³/mol. The Morgan fingerprint density at radius 3 is 3.00 bits per heavy atom. The Labute approximate surface area is 89.9 Å². The molecule has 78 valence electrons. The van der Waals surface area contributed by atoms with Crippen LogP contribution in [0.1, 0.15) is 9.67 Å². The summed E-state index contributed by atoms with van der Waals surface area (Å²) >= 11 is 1.31. The molecule has 0 spiro atoms. The van der Waals surface area contributed by atoms with Crippen molar-refractivity contribution in [2.24, 2.45) is 0 Å². The summed E-state index contributed by atoms with van der Waals surface area (Å²) in [4.78, 5) is 12.6. The summed E-state index contributed by atoms with van der Waals surface area (Å²) in [6.45, 7) is 0. The number of nitrogen functional groups attached to an aromatic ring is 1. The highest BCUT2D eigenvalue weighted by molar-refractivity contribution is 7.17. The maximum Gasteiger partial charge on any atom is 0.348 e. The van der Waals surface area contributed by atoms with Crippen LogP contribution in [0.5, 0.6) is 0 Å². The zero-order valence-corrected chi connectivity index (χ0v) is 8.80. The van der Waals surface area contributed by atoms with E-state index in [1.54, 1.807) is 12.1 Å². The molecular weight excluding hydrogens is 214 g/mol. The minimum Gasteiger partial charge on any atom is -0.465 e. The number of aromatic nitrogens is 2. The standard InChI is InChI=1S/C9H9N3O2S/c1-14-9(13)7-3-2-6(15-7)8-5(10)4-11-12-8/h2-4H,10H2,1H3,(H,11,12). The molecule has 0 atom stereocenters. The second-order valence-electron chi connectivity index (χ2n) is 2.86. The van der Waals surface area contributed by atoms with Crippen LogP contribution in [-0.4, -0.2) is 23.3 Å². The summed E-state index contributed by atoms with van der Waals surface area (Å²) in [6, 6.07) is 3.51. The van der Waals surface area contributed by atoms with Gasteiger partial charge < -0.3 is 10.5 Å². The van der Waals surface area contributed by atoms with Crippen molar-refractivity contribution in [3.05, 3.63) is 23.2 Å². The lowest BCUT2D eigenvalue weighted by Crippen LogP contribution is -1.96. The second-order valence-corrected chi connectivity index (χ2v) is 3.94. The van der Waals surface area contributed by atoms with E-state index in [4.69, 9.17) is 5.73 Å². The SMILES string of the molecule is COC(=O)c1ccc(-c2[nH]ncc2N)s1. The van der Waals surface area contributed by atoms with Crippen LogP contribution in [0.15, 0.2) is 18.3 Å². The van der Waals surface area contributed by atoms with Gasteiger partial charge in [0.2, 0.25) is 0 Å². The van der Waals surface area contributed by atoms with Crippen LogP contribution in [0.2, 0.25) is 0 Å². The van der Waals surface area contributed by atoms with Crippen LogP contribution in [0, 0.1) is 0 Å². The highest BCUT2D eigenvalue weighted by Gasteiger charge is 2.12. The molecule has 0 saturated heterocycles. The molecule has 0 amide bonds. The van der Waals surface area contributed by atoms with E-state index in [1.807, 2.05) is 0 Å². The van der Waals surface area contributed by atoms with Crippen molar-refractivity contribution in [2.75, 3.05) is 12.8 Å². The number of hydrogen-bond acceptors (Lipinski definition) is 5. The molecule has 0 fully saturated rings. The third kappa shape index (κ3) is 1.71. The molecule has 0 saturated carbocycles. The Kier molecular flexibility index (Phi) is 2.42. The second kappa shape index (κ2) is 3.74. The van der Waals surface area contributed by atoms with Gasteiger partial charge in [0, 0.05) is 0 Å². The van der Waals surface area contributed by atoms with Gasteiger partial charge in [-0.05, 0) is 12.1 Å². The van der Waals surface area contributed by atoms with Gasteiger partial charge >= 0.3 is 5.97 Å². The number of nitrogens with zero attached hydrogens (tertiary/aromatic N) is 1. The molecule has 0 radical (unpaired) electrons. The number of rotatable bonds is 2. The number of nitrogens with one attached hydrogen (secondary N) is 1. The van der Waals surface area contributed by atoms with Crippen molar-refractivity contribution < 1.29 is 9.53 Å². The van der Waals surface area contributed by atoms with Crippen molar-refractivity contribution in [1.82, 2.24) is 10.2 Å². The van der Waals surface area contributed by atoms with E-state index in [1.165, 1.54) is 24.6 Å². The molecule has 2 aromatic heterocycles. The molecule has 2 aromatic rings. The topological polar surface area (TPSA) is 81.0 Å². The average molecular weight is 223 g/mol. The molecule has 2 heterocycles. The highest BCUT2D eigenvalue weighted by atomic mass is 32.1. The summed E-state index contributed by atoms with van der Waals surface area (Å²) < 4.78 is 4.61. The van der Waals surface area contributed by atoms with E-state index in [-0.39, 0.29) is 5.97 Å². The summed E-state index contributed by atoms with van der Waals surface area (Å²) in [5, 5.41) is 6.59. The molecule has 0 unspecified atom stereocenters. The number of methoxy groups -OCH3 is 1. The molecule has 2 rings (SSSR count). The van der Waals surface area contributed by atoms with Crippen LogP contribution >= 0.6 is 11.3 Å². The molecule has 15 heavy (non-hydrogen) atoms. The number of esters is 1. The third-order valence-corrected chi connectivity index (χ3v) is 2.99. The third-order valence-electron chi connectivity index (χ3n) is 1.91. The number of anilines is 1. The Morgan fingerprint density at radius 2 is 2.40 bits per heavy atom. The molecule has 6 heteroatoms. The minimum atomic E-state index is -0.343. The van der Waals surface area contributed by atoms with Crippen LogP contribution in [-0.2, 0) is 4.74 Å². The lowest BCUT2D eigenvalue weighted by atomic mass is 10.3. The van der Waals surface area contributed by atoms with Crippen molar-refractivity contribution in [2.45, 2.75) is 0 Å². The van der Waals surface area contributed by atoms with Crippen LogP contribution in [0.25, 0.3) is 10.6 Å². The summed E-state index contributed by atoms with van der Waals surface area (Å²) in [6.07, 6.45) is 1.53. The van der Waals surface area contributed by atoms with E-state index >= 15 is 0 Å². The van der Waals surface area contributed by atoms with E-state index in [9.17, 15) is 4.79 Å². The molecular formula is C9H9N3O2S. The zero-order valence-electron chi connectivity index (χ0n) is 7.98. The Balaban J connectivity index is 2.36. The van der Waals surface area contributed by atoms with E-state index in [0.717, 1.165) is 10.6 Å². The molecule has 0 bridgehead atoms. The first-order valence-corrected chi connectivity index (χ1v) is 5.01. The van der Waals surface area contributed by atoms with Gasteiger partial charge in [-0.1, -0.05) is 0 Å². The first-order chi connectivity index (χ1) is 7.22. The number of thiophene rings is 1. The monoisotopic (exact) mass is 223 g/mol. The number of nitrogens with two attached hydrogens (primary N) is 1. The number of aromatic amines is 1. The van der Waals surface area contributed by atoms with E-state index in [2.05, 4.69) is 14.9 Å². The van der Waals surface area contributed by atoms with Crippen LogP contribution in [0.3, 0.4) is 0 Å². The number of ether oxygens (including phenoxy) is 1. The van der Waals surface area contributed by atoms with Gasteiger partial charge in [0.05, 0.1) is 29.6 Å². The summed E-state index contributed by atoms with van der Waals surface area (Å²) in [5.74, 6) is -0.343. The Hall–Kier alpha value is -1.82. The molecule has 5 nitrogen and oxygen atoms in total. The van der Waals surface area contributed by atoms with Crippen molar-refractivity contribution in [3.63, 3.8) is 0 Å². The van der Waals surface area contributed by atoms with Gasteiger partial charge in [-0.15, -0.1) is 11.3 Å². The van der Waals surface area contributed by atoms with Crippen LogP contribution < -0.4 is 5.73 Å². The van der Waals surface area contributed by atoms with E-state index < -0.39 is 0 Å². The zero-order chi connectivity index (χ0) is 10.8. The largest absolute Gasteiger partial charge is 0.465 e. The van der Waals surface area contributed by atoms with Crippen molar-refractivity contribution in [1.29, 1.82) is 0 Å². The number of carbonyl (C=O) groups excluding carboxylic acids is 1. The first kappa shape index (κ1) is 9.72. The lowest BCUT2D eigenvalue weighted by Gasteiger charge is -1.94. The molecule has 0 aromatic carbocycles. The smallest absolute Gasteiger partial charge is 0.348 e. The Bertz CT molecular complexity index is 489. The fourth-order valence-corrected chi connectivity index (χ4v) is 2.12. The van der Waals surface area contributed by atoms with Crippen molar-refractivity contribution in [3.8, 4) is 10.6 Å². The number of hydrogen-bond donors (Lipinski definition) is 2. The fraction of sp³-hybridized carbons (Fsp3) is 0.111. The Morgan fingerprint density at radius 1 is 1.60 bits per heavy atom. The average Bonchev–Trinajstić information content (AvgIpc) is 2.84. The summed E-state index contributed by atoms with van der Waals surface area (Å²) in [7, 11) is 1.35. The molecule has 0 aliphatic carbocycles. The quantitative estimate of drug-likeness (QED) is 0.756. The fourth-order valence-electron chi connectivity index (χ4n) is 1.18. The van der Waals surface area contributed by atoms with Crippen molar-refractivity contribution >= 4 is 23.0 Å². The van der Waals surface area contributed by atoms with Gasteiger partial charge in [0.1, 0.15) is 4.88 Å². The maximum absolute atomic E-state index is 11.2.